The average Bonchev–Trinajstić information content (AvgIpc) is 2.13. The number of halogens is 4. The summed E-state index contributed by atoms with van der Waals surface area (Å²) in [5.41, 5.74) is -0.0975. The van der Waals surface area contributed by atoms with Crippen LogP contribution in [0.15, 0.2) is 12.1 Å². The summed E-state index contributed by atoms with van der Waals surface area (Å²) in [6.07, 6.45) is -4.45. The van der Waals surface area contributed by atoms with Gasteiger partial charge in [0.25, 0.3) is 0 Å². The van der Waals surface area contributed by atoms with Crippen molar-refractivity contribution in [3.05, 3.63) is 22.8 Å². The van der Waals surface area contributed by atoms with E-state index in [1.165, 1.54) is 6.07 Å². The van der Waals surface area contributed by atoms with Crippen molar-refractivity contribution >= 4 is 11.6 Å². The Hall–Kier alpha value is -1.48. The molecule has 0 unspecified atom stereocenters. The van der Waals surface area contributed by atoms with Gasteiger partial charge in [0.05, 0.1) is 0 Å². The van der Waals surface area contributed by atoms with Gasteiger partial charge in [0, 0.05) is 11.1 Å². The highest BCUT2D eigenvalue weighted by molar-refractivity contribution is 6.30. The van der Waals surface area contributed by atoms with Crippen molar-refractivity contribution in [2.75, 3.05) is 6.61 Å². The first-order chi connectivity index (χ1) is 6.90. The third kappa shape index (κ3) is 4.04. The molecule has 0 saturated carbocycles. The van der Waals surface area contributed by atoms with Crippen LogP contribution in [0.3, 0.4) is 0 Å². The molecule has 0 aliphatic heterocycles. The molecule has 0 saturated heterocycles. The molecule has 0 radical (unpaired) electrons. The molecule has 0 aromatic carbocycles. The smallest absolute Gasteiger partial charge is 0.422 e. The highest BCUT2D eigenvalue weighted by atomic mass is 35.5. The fourth-order valence-corrected chi connectivity index (χ4v) is 0.957. The lowest BCUT2D eigenvalue weighted by Crippen LogP contribution is -2.19. The fourth-order valence-electron chi connectivity index (χ4n) is 0.760. The van der Waals surface area contributed by atoms with E-state index in [0.717, 1.165) is 6.07 Å². The minimum absolute atomic E-state index is 0.0960. The first-order valence-corrected chi connectivity index (χ1v) is 4.06. The summed E-state index contributed by atoms with van der Waals surface area (Å²) in [6.45, 7) is -1.47. The van der Waals surface area contributed by atoms with Gasteiger partial charge in [-0.25, -0.2) is 4.98 Å². The minimum atomic E-state index is -4.45. The molecule has 1 heterocycles. The van der Waals surface area contributed by atoms with Crippen LogP contribution in [0, 0.1) is 11.3 Å². The van der Waals surface area contributed by atoms with E-state index >= 15 is 0 Å². The number of nitriles is 1. The third-order valence-electron chi connectivity index (χ3n) is 1.26. The summed E-state index contributed by atoms with van der Waals surface area (Å²) in [6, 6.07) is 3.98. The highest BCUT2D eigenvalue weighted by Gasteiger charge is 2.28. The predicted octanol–water partition coefficient (Wildman–Crippen LogP) is 2.55. The Balaban J connectivity index is 2.78. The maximum atomic E-state index is 11.8. The van der Waals surface area contributed by atoms with Crippen molar-refractivity contribution in [1.29, 1.82) is 5.26 Å². The van der Waals surface area contributed by atoms with Crippen LogP contribution in [0.4, 0.5) is 13.2 Å². The maximum absolute atomic E-state index is 11.8. The zero-order valence-electron chi connectivity index (χ0n) is 7.18. The monoisotopic (exact) mass is 236 g/mol. The molecule has 0 amide bonds. The molecule has 7 heteroatoms. The molecule has 1 rings (SSSR count). The molecule has 0 aliphatic carbocycles. The van der Waals surface area contributed by atoms with Gasteiger partial charge in [0.2, 0.25) is 5.88 Å². The molecule has 0 N–H and O–H groups in total. The average molecular weight is 237 g/mol. The number of ether oxygens (including phenoxy) is 1. The van der Waals surface area contributed by atoms with E-state index in [1.54, 1.807) is 6.07 Å². The van der Waals surface area contributed by atoms with Crippen LogP contribution < -0.4 is 4.74 Å². The molecule has 1 aromatic heterocycles. The second kappa shape index (κ2) is 4.36. The van der Waals surface area contributed by atoms with Crippen molar-refractivity contribution in [1.82, 2.24) is 4.98 Å². The van der Waals surface area contributed by atoms with E-state index < -0.39 is 12.8 Å². The lowest BCUT2D eigenvalue weighted by atomic mass is 10.4. The SMILES string of the molecule is N#Cc1cc(Cl)cc(OCC(F)(F)F)n1. The Morgan fingerprint density at radius 3 is 2.67 bits per heavy atom. The van der Waals surface area contributed by atoms with Crippen LogP contribution in [0.2, 0.25) is 5.02 Å². The number of nitrogens with zero attached hydrogens (tertiary/aromatic N) is 2. The zero-order valence-corrected chi connectivity index (χ0v) is 7.93. The largest absolute Gasteiger partial charge is 0.468 e. The summed E-state index contributed by atoms with van der Waals surface area (Å²) < 4.78 is 39.6. The van der Waals surface area contributed by atoms with Crippen molar-refractivity contribution in [2.24, 2.45) is 0 Å². The minimum Gasteiger partial charge on any atom is -0.468 e. The highest BCUT2D eigenvalue weighted by Crippen LogP contribution is 2.20. The summed E-state index contributed by atoms with van der Waals surface area (Å²) in [4.78, 5) is 3.49. The van der Waals surface area contributed by atoms with Crippen molar-refractivity contribution in [3.63, 3.8) is 0 Å². The van der Waals surface area contributed by atoms with Crippen LogP contribution in [0.1, 0.15) is 5.69 Å². The second-order valence-electron chi connectivity index (χ2n) is 2.52. The molecule has 0 spiro atoms. The molecular formula is C8H4ClF3N2O. The molecule has 3 nitrogen and oxygen atoms in total. The Bertz CT molecular complexity index is 400. The fraction of sp³-hybridized carbons (Fsp3) is 0.250. The van der Waals surface area contributed by atoms with E-state index in [-0.39, 0.29) is 16.6 Å². The first-order valence-electron chi connectivity index (χ1n) is 3.68. The van der Waals surface area contributed by atoms with Crippen LogP contribution in [-0.4, -0.2) is 17.8 Å². The van der Waals surface area contributed by atoms with E-state index in [9.17, 15) is 13.2 Å². The second-order valence-corrected chi connectivity index (χ2v) is 2.96. The molecule has 0 fully saturated rings. The number of hydrogen-bond donors (Lipinski definition) is 0. The summed E-state index contributed by atoms with van der Waals surface area (Å²) in [7, 11) is 0. The summed E-state index contributed by atoms with van der Waals surface area (Å²) in [5.74, 6) is -0.323. The van der Waals surface area contributed by atoms with E-state index in [1.807, 2.05) is 0 Å². The summed E-state index contributed by atoms with van der Waals surface area (Å²) in [5, 5.41) is 8.56. The normalized spacial score (nSPS) is 10.9. The van der Waals surface area contributed by atoms with Gasteiger partial charge < -0.3 is 4.74 Å². The van der Waals surface area contributed by atoms with E-state index in [0.29, 0.717) is 0 Å². The lowest BCUT2D eigenvalue weighted by molar-refractivity contribution is -0.154. The molecule has 0 bridgehead atoms. The molecular weight excluding hydrogens is 233 g/mol. The Labute approximate surface area is 88.1 Å². The number of aromatic nitrogens is 1. The Morgan fingerprint density at radius 2 is 2.13 bits per heavy atom. The van der Waals surface area contributed by atoms with Crippen LogP contribution in [-0.2, 0) is 0 Å². The standard InChI is InChI=1S/C8H4ClF3N2O/c9-5-1-6(3-13)14-7(2-5)15-4-8(10,11)12/h1-2H,4H2. The third-order valence-corrected chi connectivity index (χ3v) is 1.48. The van der Waals surface area contributed by atoms with Gasteiger partial charge in [-0.2, -0.15) is 18.4 Å². The first kappa shape index (κ1) is 11.6. The van der Waals surface area contributed by atoms with E-state index in [2.05, 4.69) is 9.72 Å². The van der Waals surface area contributed by atoms with Crippen LogP contribution >= 0.6 is 11.6 Å². The molecule has 0 atom stereocenters. The van der Waals surface area contributed by atoms with E-state index in [4.69, 9.17) is 16.9 Å². The van der Waals surface area contributed by atoms with Gasteiger partial charge >= 0.3 is 6.18 Å². The molecule has 0 aliphatic rings. The Morgan fingerprint density at radius 1 is 1.47 bits per heavy atom. The van der Waals surface area contributed by atoms with Gasteiger partial charge in [0.1, 0.15) is 11.8 Å². The molecule has 80 valence electrons. The number of pyridine rings is 1. The zero-order chi connectivity index (χ0) is 11.5. The topological polar surface area (TPSA) is 45.9 Å². The number of alkyl halides is 3. The predicted molar refractivity (Wildman–Crippen MR) is 45.5 cm³/mol. The van der Waals surface area contributed by atoms with Crippen molar-refractivity contribution in [3.8, 4) is 11.9 Å². The molecule has 1 aromatic rings. The van der Waals surface area contributed by atoms with Gasteiger partial charge in [-0.3, -0.25) is 0 Å². The molecule has 15 heavy (non-hydrogen) atoms. The summed E-state index contributed by atoms with van der Waals surface area (Å²) >= 11 is 5.53. The van der Waals surface area contributed by atoms with Crippen LogP contribution in [0.25, 0.3) is 0 Å². The van der Waals surface area contributed by atoms with Gasteiger partial charge in [-0.15, -0.1) is 0 Å². The van der Waals surface area contributed by atoms with Gasteiger partial charge in [0.15, 0.2) is 6.61 Å². The van der Waals surface area contributed by atoms with Crippen molar-refractivity contribution in [2.45, 2.75) is 6.18 Å². The van der Waals surface area contributed by atoms with Crippen molar-refractivity contribution < 1.29 is 17.9 Å². The van der Waals surface area contributed by atoms with Gasteiger partial charge in [-0.1, -0.05) is 11.6 Å². The van der Waals surface area contributed by atoms with Crippen LogP contribution in [0.5, 0.6) is 5.88 Å². The number of rotatable bonds is 2. The quantitative estimate of drug-likeness (QED) is 0.793. The maximum Gasteiger partial charge on any atom is 0.422 e. The van der Waals surface area contributed by atoms with Gasteiger partial charge in [-0.05, 0) is 6.07 Å². The Kier molecular flexibility index (Phi) is 3.37. The number of hydrogen-bond acceptors (Lipinski definition) is 3. The lowest BCUT2D eigenvalue weighted by Gasteiger charge is -2.08.